The fourth-order valence-electron chi connectivity index (χ4n) is 1.09. The number of thiol groups is 3. The van der Waals surface area contributed by atoms with Crippen LogP contribution >= 0.6 is 37.9 Å². The predicted molar refractivity (Wildman–Crippen MR) is 71.5 cm³/mol. The van der Waals surface area contributed by atoms with Crippen molar-refractivity contribution in [1.29, 1.82) is 0 Å². The highest BCUT2D eigenvalue weighted by atomic mass is 32.1. The molecular weight excluding hydrogens is 230 g/mol. The summed E-state index contributed by atoms with van der Waals surface area (Å²) in [7, 11) is 0. The van der Waals surface area contributed by atoms with Crippen LogP contribution in [0.4, 0.5) is 0 Å². The molecule has 0 spiro atoms. The molecule has 0 aliphatic rings. The SMILES string of the molecule is C/C(N)=C(/S)c1cc(C)c(S)cc1S. The Bertz CT molecular complexity index is 393. The molecule has 0 radical (unpaired) electrons. The van der Waals surface area contributed by atoms with E-state index in [1.54, 1.807) is 0 Å². The number of hydrogen-bond donors (Lipinski definition) is 4. The Kier molecular flexibility index (Phi) is 3.86. The molecule has 1 aromatic rings. The lowest BCUT2D eigenvalue weighted by Crippen LogP contribution is -1.95. The highest BCUT2D eigenvalue weighted by Gasteiger charge is 2.06. The third-order valence-corrected chi connectivity index (χ3v) is 3.39. The van der Waals surface area contributed by atoms with Gasteiger partial charge in [0.15, 0.2) is 0 Å². The zero-order valence-electron chi connectivity index (χ0n) is 8.07. The molecule has 0 aromatic heterocycles. The Morgan fingerprint density at radius 3 is 2.29 bits per heavy atom. The minimum absolute atomic E-state index is 0.690. The quantitative estimate of drug-likeness (QED) is 0.560. The molecule has 1 rings (SSSR count). The summed E-state index contributed by atoms with van der Waals surface area (Å²) in [6, 6.07) is 3.89. The van der Waals surface area contributed by atoms with Gasteiger partial charge in [0.25, 0.3) is 0 Å². The van der Waals surface area contributed by atoms with E-state index in [4.69, 9.17) is 5.73 Å². The topological polar surface area (TPSA) is 26.0 Å². The average Bonchev–Trinajstić information content (AvgIpc) is 2.10. The Morgan fingerprint density at radius 2 is 1.79 bits per heavy atom. The number of hydrogen-bond acceptors (Lipinski definition) is 4. The first-order chi connectivity index (χ1) is 6.43. The summed E-state index contributed by atoms with van der Waals surface area (Å²) in [5.41, 5.74) is 8.41. The van der Waals surface area contributed by atoms with Gasteiger partial charge in [-0.3, -0.25) is 0 Å². The molecule has 0 saturated carbocycles. The zero-order valence-corrected chi connectivity index (χ0v) is 10.8. The van der Waals surface area contributed by atoms with E-state index in [9.17, 15) is 0 Å². The lowest BCUT2D eigenvalue weighted by molar-refractivity contribution is 1.22. The van der Waals surface area contributed by atoms with Crippen LogP contribution in [0.2, 0.25) is 0 Å². The van der Waals surface area contributed by atoms with E-state index in [0.29, 0.717) is 5.70 Å². The van der Waals surface area contributed by atoms with Crippen LogP contribution in [0.1, 0.15) is 18.1 Å². The first-order valence-corrected chi connectivity index (χ1v) is 5.46. The summed E-state index contributed by atoms with van der Waals surface area (Å²) in [6.45, 7) is 3.81. The van der Waals surface area contributed by atoms with Crippen LogP contribution < -0.4 is 5.73 Å². The zero-order chi connectivity index (χ0) is 10.9. The van der Waals surface area contributed by atoms with E-state index in [0.717, 1.165) is 25.8 Å². The largest absolute Gasteiger partial charge is 0.401 e. The van der Waals surface area contributed by atoms with Crippen molar-refractivity contribution in [3.05, 3.63) is 29.0 Å². The van der Waals surface area contributed by atoms with Gasteiger partial charge in [-0.25, -0.2) is 0 Å². The van der Waals surface area contributed by atoms with Gasteiger partial charge in [-0.15, -0.1) is 37.9 Å². The lowest BCUT2D eigenvalue weighted by Gasteiger charge is -2.09. The van der Waals surface area contributed by atoms with Crippen molar-refractivity contribution < 1.29 is 0 Å². The molecule has 0 aliphatic heterocycles. The molecule has 1 nitrogen and oxygen atoms in total. The van der Waals surface area contributed by atoms with Crippen LogP contribution in [0.3, 0.4) is 0 Å². The number of allylic oxidation sites excluding steroid dienone is 1. The minimum atomic E-state index is 0.690. The van der Waals surface area contributed by atoms with Crippen molar-refractivity contribution in [2.45, 2.75) is 23.6 Å². The molecule has 0 unspecified atom stereocenters. The average molecular weight is 243 g/mol. The van der Waals surface area contributed by atoms with Crippen molar-refractivity contribution in [2.24, 2.45) is 5.73 Å². The van der Waals surface area contributed by atoms with E-state index < -0.39 is 0 Å². The van der Waals surface area contributed by atoms with Gasteiger partial charge >= 0.3 is 0 Å². The highest BCUT2D eigenvalue weighted by Crippen LogP contribution is 2.30. The molecule has 0 heterocycles. The van der Waals surface area contributed by atoms with Gasteiger partial charge in [0.2, 0.25) is 0 Å². The number of rotatable bonds is 1. The second kappa shape index (κ2) is 4.55. The second-order valence-corrected chi connectivity index (χ2v) is 4.60. The standard InChI is InChI=1S/C10H13NS3/c1-5-3-7(10(14)6(2)11)9(13)4-8(5)12/h3-4,12-14H,11H2,1-2H3/b10-6-. The Labute approximate surface area is 101 Å². The fraction of sp³-hybridized carbons (Fsp3) is 0.200. The molecule has 0 aliphatic carbocycles. The first-order valence-electron chi connectivity index (χ1n) is 4.11. The summed E-state index contributed by atoms with van der Waals surface area (Å²) < 4.78 is 0. The molecule has 2 N–H and O–H groups in total. The summed E-state index contributed by atoms with van der Waals surface area (Å²) >= 11 is 13.0. The van der Waals surface area contributed by atoms with Crippen LogP contribution in [-0.2, 0) is 0 Å². The van der Waals surface area contributed by atoms with Crippen molar-refractivity contribution in [2.75, 3.05) is 0 Å². The summed E-state index contributed by atoms with van der Waals surface area (Å²) in [4.78, 5) is 2.54. The van der Waals surface area contributed by atoms with Gasteiger partial charge in [0, 0.05) is 26.0 Å². The molecule has 0 atom stereocenters. The van der Waals surface area contributed by atoms with Crippen molar-refractivity contribution in [3.8, 4) is 0 Å². The predicted octanol–water partition coefficient (Wildman–Crippen LogP) is 3.15. The first kappa shape index (κ1) is 11.9. The molecule has 0 fully saturated rings. The number of aryl methyl sites for hydroxylation is 1. The van der Waals surface area contributed by atoms with Crippen molar-refractivity contribution in [3.63, 3.8) is 0 Å². The van der Waals surface area contributed by atoms with E-state index in [1.807, 2.05) is 26.0 Å². The molecule has 1 aromatic carbocycles. The number of nitrogens with two attached hydrogens (primary N) is 1. The molecule has 0 bridgehead atoms. The Morgan fingerprint density at radius 1 is 1.21 bits per heavy atom. The summed E-state index contributed by atoms with van der Waals surface area (Å²) in [5, 5.41) is 0. The summed E-state index contributed by atoms with van der Waals surface area (Å²) in [5.74, 6) is 0. The molecule has 14 heavy (non-hydrogen) atoms. The van der Waals surface area contributed by atoms with Gasteiger partial charge in [-0.1, -0.05) is 0 Å². The second-order valence-electron chi connectivity index (χ2n) is 3.19. The Hall–Kier alpha value is -0.190. The van der Waals surface area contributed by atoms with Gasteiger partial charge in [0.05, 0.1) is 0 Å². The van der Waals surface area contributed by atoms with Crippen molar-refractivity contribution in [1.82, 2.24) is 0 Å². The lowest BCUT2D eigenvalue weighted by atomic mass is 10.1. The third-order valence-electron chi connectivity index (χ3n) is 1.94. The van der Waals surface area contributed by atoms with E-state index in [-0.39, 0.29) is 0 Å². The molecular formula is C10H13NS3. The minimum Gasteiger partial charge on any atom is -0.401 e. The monoisotopic (exact) mass is 243 g/mol. The maximum absolute atomic E-state index is 5.68. The highest BCUT2D eigenvalue weighted by molar-refractivity contribution is 7.90. The smallest absolute Gasteiger partial charge is 0.0309 e. The maximum Gasteiger partial charge on any atom is 0.0309 e. The third kappa shape index (κ3) is 2.43. The number of benzene rings is 1. The molecule has 0 amide bonds. The summed E-state index contributed by atoms with van der Waals surface area (Å²) in [6.07, 6.45) is 0. The van der Waals surface area contributed by atoms with Crippen LogP contribution in [0, 0.1) is 6.92 Å². The van der Waals surface area contributed by atoms with Crippen LogP contribution in [0.15, 0.2) is 27.6 Å². The Balaban J connectivity index is 3.37. The van der Waals surface area contributed by atoms with Gasteiger partial charge in [0.1, 0.15) is 0 Å². The van der Waals surface area contributed by atoms with Crippen molar-refractivity contribution >= 4 is 42.8 Å². The van der Waals surface area contributed by atoms with Crippen LogP contribution in [0.5, 0.6) is 0 Å². The van der Waals surface area contributed by atoms with Gasteiger partial charge in [-0.05, 0) is 31.5 Å². The van der Waals surface area contributed by atoms with E-state index in [2.05, 4.69) is 37.9 Å². The molecule has 76 valence electrons. The molecule has 4 heteroatoms. The van der Waals surface area contributed by atoms with Crippen LogP contribution in [-0.4, -0.2) is 0 Å². The molecule has 0 saturated heterocycles. The fourth-order valence-corrected chi connectivity index (χ4v) is 1.96. The van der Waals surface area contributed by atoms with Crippen LogP contribution in [0.25, 0.3) is 4.91 Å². The normalized spacial score (nSPS) is 12.6. The maximum atomic E-state index is 5.68. The van der Waals surface area contributed by atoms with E-state index in [1.165, 1.54) is 0 Å². The van der Waals surface area contributed by atoms with Gasteiger partial charge < -0.3 is 5.73 Å². The van der Waals surface area contributed by atoms with Gasteiger partial charge in [-0.2, -0.15) is 0 Å². The van der Waals surface area contributed by atoms with E-state index >= 15 is 0 Å².